The van der Waals surface area contributed by atoms with Crippen molar-refractivity contribution in [3.8, 4) is 22.5 Å². The van der Waals surface area contributed by atoms with Crippen molar-refractivity contribution >= 4 is 99.0 Å². The van der Waals surface area contributed by atoms with E-state index < -0.39 is 0 Å². The van der Waals surface area contributed by atoms with Gasteiger partial charge in [0.2, 0.25) is 0 Å². The van der Waals surface area contributed by atoms with Crippen LogP contribution in [0.15, 0.2) is 255 Å². The van der Waals surface area contributed by atoms with Crippen LogP contribution < -0.4 is 9.80 Å². The number of aryl methyl sites for hydroxylation is 2. The zero-order chi connectivity index (χ0) is 51.0. The zero-order valence-electron chi connectivity index (χ0n) is 43.0. The van der Waals surface area contributed by atoms with E-state index in [1.165, 1.54) is 98.5 Å². The van der Waals surface area contributed by atoms with E-state index in [2.05, 4.69) is 301 Å². The van der Waals surface area contributed by atoms with Crippen LogP contribution in [0.2, 0.25) is 0 Å². The molecule has 0 amide bonds. The number of hydrogen-bond donors (Lipinski definition) is 0. The first-order chi connectivity index (χ1) is 37.4. The summed E-state index contributed by atoms with van der Waals surface area (Å²) in [5, 5.41) is 12.3. The first-order valence-corrected chi connectivity index (χ1v) is 26.3. The summed E-state index contributed by atoms with van der Waals surface area (Å²) in [5.41, 5.74) is 19.0. The third kappa shape index (κ3) is 7.28. The predicted octanol–water partition coefficient (Wildman–Crippen LogP) is 20.0. The van der Waals surface area contributed by atoms with Gasteiger partial charge in [0.25, 0.3) is 0 Å². The molecule has 0 saturated heterocycles. The van der Waals surface area contributed by atoms with Crippen molar-refractivity contribution in [1.29, 1.82) is 0 Å². The van der Waals surface area contributed by atoms with Crippen LogP contribution in [0.3, 0.4) is 0 Å². The third-order valence-electron chi connectivity index (χ3n) is 16.1. The summed E-state index contributed by atoms with van der Waals surface area (Å²) < 4.78 is 4.84. The molecule has 2 heterocycles. The van der Waals surface area contributed by atoms with Crippen LogP contribution in [0.5, 0.6) is 0 Å². The highest BCUT2D eigenvalue weighted by atomic mass is 15.2. The monoisotopic (exact) mass is 974 g/mol. The van der Waals surface area contributed by atoms with E-state index in [9.17, 15) is 0 Å². The lowest BCUT2D eigenvalue weighted by molar-refractivity contribution is 1.04. The summed E-state index contributed by atoms with van der Waals surface area (Å²) in [7, 11) is 0. The molecule has 0 atom stereocenters. The van der Waals surface area contributed by atoms with Crippen LogP contribution in [0.4, 0.5) is 34.1 Å². The van der Waals surface area contributed by atoms with E-state index in [1.54, 1.807) is 0 Å². The first kappa shape index (κ1) is 45.0. The number of hydrogen-bond acceptors (Lipinski definition) is 2. The Morgan fingerprint density at radius 3 is 0.868 bits per heavy atom. The van der Waals surface area contributed by atoms with Crippen molar-refractivity contribution in [2.45, 2.75) is 27.7 Å². The largest absolute Gasteiger partial charge is 0.314 e. The van der Waals surface area contributed by atoms with Gasteiger partial charge in [-0.2, -0.15) is 0 Å². The number of anilines is 6. The van der Waals surface area contributed by atoms with E-state index in [-0.39, 0.29) is 0 Å². The van der Waals surface area contributed by atoms with E-state index >= 15 is 0 Å². The van der Waals surface area contributed by atoms with Crippen LogP contribution in [0.25, 0.3) is 87.4 Å². The van der Waals surface area contributed by atoms with Gasteiger partial charge in [-0.1, -0.05) is 158 Å². The van der Waals surface area contributed by atoms with E-state index in [1.807, 2.05) is 0 Å². The standard InChI is InChI=1S/C72H54N4/c1-47-49(3)73(57-35-39-59(40-36-57)75(67-29-13-21-51-17-5-9-25-61(51)67)68-30-14-22-52-18-6-10-26-62(52)68)71-43-33-55(45-65(47)71)56-34-44-72-66(46-56)48(2)50(4)74(72)58-37-41-60(42-38-58)76(69-31-15-23-53-19-7-11-27-63(53)69)70-32-16-24-54-20-8-12-28-64(54)70/h5-46H,1-4H3. The third-order valence-corrected chi connectivity index (χ3v) is 16.1. The minimum absolute atomic E-state index is 1.11. The van der Waals surface area contributed by atoms with Gasteiger partial charge in [-0.05, 0) is 169 Å². The van der Waals surface area contributed by atoms with E-state index in [0.29, 0.717) is 0 Å². The molecule has 4 heteroatoms. The molecule has 0 saturated carbocycles. The Labute approximate surface area is 443 Å². The SMILES string of the molecule is Cc1c(C)n(-c2ccc(N(c3cccc4ccccc34)c3cccc4ccccc34)cc2)c2ccc(-c3ccc4c(c3)c(C)c(C)n4-c3ccc(N(c4cccc5ccccc45)c4cccc5ccccc45)cc3)cc12. The summed E-state index contributed by atoms with van der Waals surface area (Å²) in [6.07, 6.45) is 0. The van der Waals surface area contributed by atoms with Crippen LogP contribution in [0, 0.1) is 27.7 Å². The van der Waals surface area contributed by atoms with Crippen molar-refractivity contribution in [2.24, 2.45) is 0 Å². The number of aromatic nitrogens is 2. The highest BCUT2D eigenvalue weighted by Gasteiger charge is 2.22. The Balaban J connectivity index is 0.805. The van der Waals surface area contributed by atoms with Gasteiger partial charge in [0.05, 0.1) is 33.8 Å². The molecule has 0 aliphatic carbocycles. The molecule has 362 valence electrons. The van der Waals surface area contributed by atoms with Crippen molar-refractivity contribution in [1.82, 2.24) is 9.13 Å². The molecule has 0 aliphatic heterocycles. The zero-order valence-corrected chi connectivity index (χ0v) is 43.0. The molecule has 0 unspecified atom stereocenters. The fourth-order valence-electron chi connectivity index (χ4n) is 12.1. The fourth-order valence-corrected chi connectivity index (χ4v) is 12.1. The maximum atomic E-state index is 2.42. The molecule has 0 N–H and O–H groups in total. The van der Waals surface area contributed by atoms with Gasteiger partial charge < -0.3 is 18.9 Å². The molecule has 2 aromatic heterocycles. The van der Waals surface area contributed by atoms with Gasteiger partial charge in [-0.15, -0.1) is 0 Å². The molecule has 76 heavy (non-hydrogen) atoms. The maximum Gasteiger partial charge on any atom is 0.0540 e. The summed E-state index contributed by atoms with van der Waals surface area (Å²) >= 11 is 0. The van der Waals surface area contributed by atoms with Gasteiger partial charge in [0, 0.05) is 66.5 Å². The Morgan fingerprint density at radius 1 is 0.263 bits per heavy atom. The number of rotatable bonds is 9. The second-order valence-corrected chi connectivity index (χ2v) is 20.3. The van der Waals surface area contributed by atoms with Gasteiger partial charge >= 0.3 is 0 Å². The number of fused-ring (bicyclic) bond motifs is 6. The Morgan fingerprint density at radius 2 is 0.553 bits per heavy atom. The van der Waals surface area contributed by atoms with Crippen LogP contribution in [-0.2, 0) is 0 Å². The second kappa shape index (κ2) is 18.1. The minimum Gasteiger partial charge on any atom is -0.314 e. The van der Waals surface area contributed by atoms with Gasteiger partial charge in [0.1, 0.15) is 0 Å². The lowest BCUT2D eigenvalue weighted by Crippen LogP contribution is -2.11. The molecular formula is C72H54N4. The average molecular weight is 975 g/mol. The van der Waals surface area contributed by atoms with Gasteiger partial charge in [0.15, 0.2) is 0 Å². The molecule has 0 spiro atoms. The molecule has 0 radical (unpaired) electrons. The maximum absolute atomic E-state index is 2.42. The molecule has 14 aromatic rings. The van der Waals surface area contributed by atoms with Crippen LogP contribution in [0.1, 0.15) is 22.5 Å². The fraction of sp³-hybridized carbons (Fsp3) is 0.0556. The second-order valence-electron chi connectivity index (χ2n) is 20.3. The quantitative estimate of drug-likeness (QED) is 0.143. The molecule has 0 bridgehead atoms. The van der Waals surface area contributed by atoms with E-state index in [4.69, 9.17) is 0 Å². The van der Waals surface area contributed by atoms with Crippen LogP contribution >= 0.6 is 0 Å². The van der Waals surface area contributed by atoms with Crippen molar-refractivity contribution in [3.05, 3.63) is 277 Å². The first-order valence-electron chi connectivity index (χ1n) is 26.3. The van der Waals surface area contributed by atoms with Gasteiger partial charge in [-0.25, -0.2) is 0 Å². The highest BCUT2D eigenvalue weighted by Crippen LogP contribution is 2.45. The lowest BCUT2D eigenvalue weighted by atomic mass is 10.00. The van der Waals surface area contributed by atoms with Crippen molar-refractivity contribution in [3.63, 3.8) is 0 Å². The molecule has 14 rings (SSSR count). The molecular weight excluding hydrogens is 921 g/mol. The minimum atomic E-state index is 1.11. The van der Waals surface area contributed by atoms with Crippen LogP contribution in [-0.4, -0.2) is 9.13 Å². The average Bonchev–Trinajstić information content (AvgIpc) is 3.90. The normalized spacial score (nSPS) is 11.7. The molecule has 12 aromatic carbocycles. The van der Waals surface area contributed by atoms with E-state index in [0.717, 1.165) is 45.5 Å². The summed E-state index contributed by atoms with van der Waals surface area (Å²) in [4.78, 5) is 4.84. The predicted molar refractivity (Wildman–Crippen MR) is 324 cm³/mol. The van der Waals surface area contributed by atoms with Crippen molar-refractivity contribution in [2.75, 3.05) is 9.80 Å². The smallest absolute Gasteiger partial charge is 0.0540 e. The summed E-state index contributed by atoms with van der Waals surface area (Å²) in [6.45, 7) is 9.03. The topological polar surface area (TPSA) is 16.3 Å². The Hall–Kier alpha value is -9.64. The Kier molecular flexibility index (Phi) is 10.7. The summed E-state index contributed by atoms with van der Waals surface area (Å²) in [5.74, 6) is 0. The molecule has 4 nitrogen and oxygen atoms in total. The molecule has 0 aliphatic rings. The molecule has 0 fully saturated rings. The highest BCUT2D eigenvalue weighted by molar-refractivity contribution is 6.07. The Bertz CT molecular complexity index is 4100. The summed E-state index contributed by atoms with van der Waals surface area (Å²) in [6, 6.07) is 93.4. The lowest BCUT2D eigenvalue weighted by Gasteiger charge is -2.28. The number of nitrogens with zero attached hydrogens (tertiary/aromatic N) is 4. The number of benzene rings is 12. The van der Waals surface area contributed by atoms with Crippen molar-refractivity contribution < 1.29 is 0 Å². The van der Waals surface area contributed by atoms with Gasteiger partial charge in [-0.3, -0.25) is 0 Å².